The first-order chi connectivity index (χ1) is 14.9. The van der Waals surface area contributed by atoms with E-state index in [0.717, 1.165) is 55.4 Å². The number of rotatable bonds is 5. The summed E-state index contributed by atoms with van der Waals surface area (Å²) < 4.78 is 2.27. The standard InChI is InChI=1S/C24H29N3O2S2/c1-4-5-12-27-23(29)20(31-24(27)30)15-18-21(26-13-10-16(2)11-14-26)17-8-6-7-9-19(17)25(3)22(18)28/h6-9,15-16H,4-5,10-14H2,1-3H3. The SMILES string of the molecule is CCCCN1C(=O)C(=Cc2c(N3CCC(C)CC3)c3ccccc3n(C)c2=O)SC1=S. The number of amides is 1. The zero-order chi connectivity index (χ0) is 22.1. The van der Waals surface area contributed by atoms with E-state index in [9.17, 15) is 9.59 Å². The van der Waals surface area contributed by atoms with Gasteiger partial charge in [-0.05, 0) is 37.3 Å². The van der Waals surface area contributed by atoms with E-state index in [4.69, 9.17) is 12.2 Å². The molecule has 5 nitrogen and oxygen atoms in total. The van der Waals surface area contributed by atoms with Crippen LogP contribution in [-0.4, -0.2) is 39.3 Å². The minimum absolute atomic E-state index is 0.0776. The Hall–Kier alpha value is -2.12. The summed E-state index contributed by atoms with van der Waals surface area (Å²) in [5.41, 5.74) is 2.37. The fraction of sp³-hybridized carbons (Fsp3) is 0.458. The Labute approximate surface area is 193 Å². The molecule has 31 heavy (non-hydrogen) atoms. The average Bonchev–Trinajstić information content (AvgIpc) is 3.04. The van der Waals surface area contributed by atoms with Crippen LogP contribution in [-0.2, 0) is 11.8 Å². The second-order valence-corrected chi connectivity index (χ2v) is 10.2. The topological polar surface area (TPSA) is 45.6 Å². The fourth-order valence-corrected chi connectivity index (χ4v) is 5.64. The molecule has 7 heteroatoms. The maximum absolute atomic E-state index is 13.5. The van der Waals surface area contributed by atoms with Crippen molar-refractivity contribution in [2.75, 3.05) is 24.5 Å². The molecular formula is C24H29N3O2S2. The number of hydrogen-bond acceptors (Lipinski definition) is 5. The molecule has 3 heterocycles. The molecule has 1 aromatic carbocycles. The molecule has 0 saturated carbocycles. The molecule has 1 aromatic heterocycles. The van der Waals surface area contributed by atoms with Crippen LogP contribution in [0.3, 0.4) is 0 Å². The Bertz CT molecular complexity index is 1110. The Morgan fingerprint density at radius 3 is 2.61 bits per heavy atom. The van der Waals surface area contributed by atoms with E-state index in [0.29, 0.717) is 27.3 Å². The summed E-state index contributed by atoms with van der Waals surface area (Å²) in [6.07, 6.45) is 5.89. The molecule has 0 bridgehead atoms. The first-order valence-corrected chi connectivity index (χ1v) is 12.3. The maximum atomic E-state index is 13.5. The lowest BCUT2D eigenvalue weighted by Crippen LogP contribution is -2.35. The van der Waals surface area contributed by atoms with E-state index >= 15 is 0 Å². The van der Waals surface area contributed by atoms with Crippen molar-refractivity contribution < 1.29 is 4.79 Å². The van der Waals surface area contributed by atoms with Gasteiger partial charge < -0.3 is 9.47 Å². The lowest BCUT2D eigenvalue weighted by molar-refractivity contribution is -0.122. The highest BCUT2D eigenvalue weighted by Gasteiger charge is 2.32. The highest BCUT2D eigenvalue weighted by Crippen LogP contribution is 2.37. The number of piperidine rings is 1. The smallest absolute Gasteiger partial charge is 0.266 e. The number of hydrogen-bond donors (Lipinski definition) is 0. The molecule has 2 aromatic rings. The van der Waals surface area contributed by atoms with E-state index in [2.05, 4.69) is 24.8 Å². The highest BCUT2D eigenvalue weighted by molar-refractivity contribution is 8.26. The number of carbonyl (C=O) groups excluding carboxylic acids is 1. The van der Waals surface area contributed by atoms with E-state index in [1.54, 1.807) is 22.6 Å². The van der Waals surface area contributed by atoms with Crippen LogP contribution in [0, 0.1) is 5.92 Å². The number of anilines is 1. The molecule has 2 saturated heterocycles. The van der Waals surface area contributed by atoms with Crippen LogP contribution in [0.4, 0.5) is 5.69 Å². The van der Waals surface area contributed by atoms with Crippen molar-refractivity contribution in [3.8, 4) is 0 Å². The molecular weight excluding hydrogens is 426 g/mol. The van der Waals surface area contributed by atoms with Crippen LogP contribution in [0.2, 0.25) is 0 Å². The van der Waals surface area contributed by atoms with Crippen LogP contribution < -0.4 is 10.5 Å². The average molecular weight is 456 g/mol. The molecule has 164 valence electrons. The number of benzene rings is 1. The molecule has 4 rings (SSSR count). The number of nitrogens with zero attached hydrogens (tertiary/aromatic N) is 3. The molecule has 0 atom stereocenters. The summed E-state index contributed by atoms with van der Waals surface area (Å²) in [6.45, 7) is 6.83. The van der Waals surface area contributed by atoms with Crippen LogP contribution in [0.5, 0.6) is 0 Å². The molecule has 0 unspecified atom stereocenters. The van der Waals surface area contributed by atoms with Gasteiger partial charge in [0.25, 0.3) is 11.5 Å². The number of thioether (sulfide) groups is 1. The molecule has 2 fully saturated rings. The van der Waals surface area contributed by atoms with Crippen molar-refractivity contribution in [1.82, 2.24) is 9.47 Å². The van der Waals surface area contributed by atoms with Crippen LogP contribution in [0.1, 0.15) is 45.1 Å². The second kappa shape index (κ2) is 9.17. The normalized spacial score (nSPS) is 19.3. The van der Waals surface area contributed by atoms with Gasteiger partial charge in [0.2, 0.25) is 0 Å². The summed E-state index contributed by atoms with van der Waals surface area (Å²) >= 11 is 6.77. The number of pyridine rings is 1. The number of fused-ring (bicyclic) bond motifs is 1. The second-order valence-electron chi connectivity index (χ2n) is 8.50. The third-order valence-electron chi connectivity index (χ3n) is 6.29. The van der Waals surface area contributed by atoms with Gasteiger partial charge in [-0.15, -0.1) is 0 Å². The Morgan fingerprint density at radius 2 is 1.90 bits per heavy atom. The number of aromatic nitrogens is 1. The van der Waals surface area contributed by atoms with Crippen molar-refractivity contribution >= 4 is 56.9 Å². The maximum Gasteiger partial charge on any atom is 0.266 e. The van der Waals surface area contributed by atoms with Crippen molar-refractivity contribution in [1.29, 1.82) is 0 Å². The number of unbranched alkanes of at least 4 members (excludes halogenated alkanes) is 1. The summed E-state index contributed by atoms with van der Waals surface area (Å²) in [7, 11) is 1.80. The summed E-state index contributed by atoms with van der Waals surface area (Å²) in [6, 6.07) is 8.03. The first kappa shape index (κ1) is 22.1. The molecule has 0 N–H and O–H groups in total. The van der Waals surface area contributed by atoms with Gasteiger partial charge >= 0.3 is 0 Å². The van der Waals surface area contributed by atoms with Crippen LogP contribution in [0.25, 0.3) is 17.0 Å². The number of thiocarbonyl (C=S) groups is 1. The third kappa shape index (κ3) is 4.17. The monoisotopic (exact) mass is 455 g/mol. The molecule has 1 amide bonds. The van der Waals surface area contributed by atoms with E-state index in [1.807, 2.05) is 18.2 Å². The fourth-order valence-electron chi connectivity index (χ4n) is 4.35. The summed E-state index contributed by atoms with van der Waals surface area (Å²) in [4.78, 5) is 31.0. The Morgan fingerprint density at radius 1 is 1.19 bits per heavy atom. The number of aryl methyl sites for hydroxylation is 1. The quantitative estimate of drug-likeness (QED) is 0.480. The van der Waals surface area contributed by atoms with Gasteiger partial charge in [0, 0.05) is 32.1 Å². The number of para-hydroxylation sites is 1. The molecule has 2 aliphatic heterocycles. The van der Waals surface area contributed by atoms with Gasteiger partial charge in [-0.25, -0.2) is 0 Å². The highest BCUT2D eigenvalue weighted by atomic mass is 32.2. The van der Waals surface area contributed by atoms with E-state index in [1.165, 1.54) is 11.8 Å². The van der Waals surface area contributed by atoms with Crippen LogP contribution in [0.15, 0.2) is 34.0 Å². The van der Waals surface area contributed by atoms with E-state index < -0.39 is 0 Å². The lowest BCUT2D eigenvalue weighted by atomic mass is 9.97. The van der Waals surface area contributed by atoms with Crippen LogP contribution >= 0.6 is 24.0 Å². The molecule has 0 aliphatic carbocycles. The Kier molecular flexibility index (Phi) is 6.53. The predicted molar refractivity (Wildman–Crippen MR) is 135 cm³/mol. The van der Waals surface area contributed by atoms with Crippen molar-refractivity contribution in [3.63, 3.8) is 0 Å². The van der Waals surface area contributed by atoms with Gasteiger partial charge in [-0.2, -0.15) is 0 Å². The first-order valence-electron chi connectivity index (χ1n) is 11.0. The number of carbonyl (C=O) groups is 1. The largest absolute Gasteiger partial charge is 0.370 e. The lowest BCUT2D eigenvalue weighted by Gasteiger charge is -2.34. The molecule has 2 aliphatic rings. The van der Waals surface area contributed by atoms with Crippen molar-refractivity contribution in [2.45, 2.75) is 39.5 Å². The van der Waals surface area contributed by atoms with Gasteiger partial charge in [-0.1, -0.05) is 62.4 Å². The van der Waals surface area contributed by atoms with Gasteiger partial charge in [0.05, 0.1) is 21.7 Å². The zero-order valence-corrected chi connectivity index (χ0v) is 20.0. The van der Waals surface area contributed by atoms with Crippen molar-refractivity contribution in [2.24, 2.45) is 13.0 Å². The molecule has 0 spiro atoms. The zero-order valence-electron chi connectivity index (χ0n) is 18.4. The molecule has 0 radical (unpaired) electrons. The van der Waals surface area contributed by atoms with E-state index in [-0.39, 0.29) is 11.5 Å². The van der Waals surface area contributed by atoms with Gasteiger partial charge in [0.15, 0.2) is 0 Å². The predicted octanol–water partition coefficient (Wildman–Crippen LogP) is 4.78. The summed E-state index contributed by atoms with van der Waals surface area (Å²) in [5, 5.41) is 1.05. The third-order valence-corrected chi connectivity index (χ3v) is 7.67. The minimum atomic E-state index is -0.0862. The Balaban J connectivity index is 1.86. The minimum Gasteiger partial charge on any atom is -0.370 e. The van der Waals surface area contributed by atoms with Gasteiger partial charge in [-0.3, -0.25) is 14.5 Å². The summed E-state index contributed by atoms with van der Waals surface area (Å²) in [5.74, 6) is 0.601. The van der Waals surface area contributed by atoms with Gasteiger partial charge in [0.1, 0.15) is 4.32 Å². The van der Waals surface area contributed by atoms with Crippen molar-refractivity contribution in [3.05, 3.63) is 45.1 Å².